The molecule has 0 saturated carbocycles. The summed E-state index contributed by atoms with van der Waals surface area (Å²) in [5.74, 6) is 2.58. The van der Waals surface area contributed by atoms with E-state index in [0.717, 1.165) is 44.2 Å². The minimum absolute atomic E-state index is 0.0868. The Morgan fingerprint density at radius 2 is 1.92 bits per heavy atom. The Labute approximate surface area is 159 Å². The van der Waals surface area contributed by atoms with Gasteiger partial charge in [0.25, 0.3) is 0 Å². The second-order valence-electron chi connectivity index (χ2n) is 7.21. The van der Waals surface area contributed by atoms with Crippen molar-refractivity contribution in [3.8, 4) is 0 Å². The Hall–Kier alpha value is -1.66. The summed E-state index contributed by atoms with van der Waals surface area (Å²) in [4.78, 5) is 20.3. The maximum Gasteiger partial charge on any atom is 0.317 e. The van der Waals surface area contributed by atoms with Crippen LogP contribution in [-0.4, -0.2) is 71.1 Å². The van der Waals surface area contributed by atoms with Crippen LogP contribution in [0.1, 0.15) is 18.4 Å². The van der Waals surface area contributed by atoms with Gasteiger partial charge < -0.3 is 15.2 Å². The number of aromatic nitrogens is 1. The molecule has 2 aliphatic heterocycles. The molecule has 0 atom stereocenters. The molecule has 1 aromatic carbocycles. The summed E-state index contributed by atoms with van der Waals surface area (Å²) in [6, 6.07) is 9.14. The van der Waals surface area contributed by atoms with E-state index in [0.29, 0.717) is 6.54 Å². The number of carbonyl (C=O) groups is 1. The van der Waals surface area contributed by atoms with Gasteiger partial charge in [0.1, 0.15) is 0 Å². The summed E-state index contributed by atoms with van der Waals surface area (Å²) in [5.41, 5.74) is 2.42. The number of aromatic amines is 1. The molecule has 2 N–H and O–H groups in total. The quantitative estimate of drug-likeness (QED) is 0.868. The van der Waals surface area contributed by atoms with E-state index in [1.165, 1.54) is 35.3 Å². The van der Waals surface area contributed by atoms with Crippen molar-refractivity contribution < 1.29 is 4.79 Å². The van der Waals surface area contributed by atoms with E-state index in [2.05, 4.69) is 51.4 Å². The largest absolute Gasteiger partial charge is 0.361 e. The first-order valence-corrected chi connectivity index (χ1v) is 10.9. The van der Waals surface area contributed by atoms with Gasteiger partial charge in [-0.15, -0.1) is 0 Å². The number of hydrogen-bond acceptors (Lipinski definition) is 3. The standard InChI is InChI=1S/C20H28N4OS/c25-20(21-8-5-16-15-22-19-4-2-1-3-18(16)19)24-11-9-23(10-12-24)17-6-13-26-14-7-17/h1-4,15,17,22H,5-14H2,(H,21,25). The number of piperazine rings is 1. The molecule has 26 heavy (non-hydrogen) atoms. The first-order valence-electron chi connectivity index (χ1n) is 9.71. The molecule has 2 amide bonds. The number of benzene rings is 1. The highest BCUT2D eigenvalue weighted by Crippen LogP contribution is 2.22. The monoisotopic (exact) mass is 372 g/mol. The van der Waals surface area contributed by atoms with Crippen LogP contribution in [0, 0.1) is 0 Å². The molecule has 0 unspecified atom stereocenters. The van der Waals surface area contributed by atoms with Gasteiger partial charge in [-0.25, -0.2) is 4.79 Å². The molecular weight excluding hydrogens is 344 g/mol. The van der Waals surface area contributed by atoms with Gasteiger partial charge in [0.05, 0.1) is 0 Å². The average molecular weight is 373 g/mol. The molecule has 1 aromatic heterocycles. The number of urea groups is 1. The third-order valence-corrected chi connectivity index (χ3v) is 6.70. The van der Waals surface area contributed by atoms with Gasteiger partial charge in [0, 0.05) is 55.9 Å². The lowest BCUT2D eigenvalue weighted by Crippen LogP contribution is -2.54. The normalized spacial score (nSPS) is 19.8. The van der Waals surface area contributed by atoms with Gasteiger partial charge in [-0.05, 0) is 42.4 Å². The number of H-pyrrole nitrogens is 1. The lowest BCUT2D eigenvalue weighted by Gasteiger charge is -2.40. The maximum atomic E-state index is 12.5. The van der Waals surface area contributed by atoms with Crippen LogP contribution in [-0.2, 0) is 6.42 Å². The van der Waals surface area contributed by atoms with Gasteiger partial charge in [-0.1, -0.05) is 18.2 Å². The van der Waals surface area contributed by atoms with E-state index in [1.807, 2.05) is 11.0 Å². The minimum Gasteiger partial charge on any atom is -0.361 e. The van der Waals surface area contributed by atoms with Crippen LogP contribution in [0.15, 0.2) is 30.5 Å². The van der Waals surface area contributed by atoms with Crippen LogP contribution in [0.25, 0.3) is 10.9 Å². The molecule has 5 nitrogen and oxygen atoms in total. The van der Waals surface area contributed by atoms with E-state index in [-0.39, 0.29) is 6.03 Å². The van der Waals surface area contributed by atoms with Crippen LogP contribution >= 0.6 is 11.8 Å². The van der Waals surface area contributed by atoms with Crippen LogP contribution < -0.4 is 5.32 Å². The van der Waals surface area contributed by atoms with E-state index >= 15 is 0 Å². The van der Waals surface area contributed by atoms with E-state index in [1.54, 1.807) is 0 Å². The molecule has 3 heterocycles. The summed E-state index contributed by atoms with van der Waals surface area (Å²) in [6.07, 6.45) is 5.52. The molecule has 0 radical (unpaired) electrons. The van der Waals surface area contributed by atoms with Gasteiger partial charge in [0.2, 0.25) is 0 Å². The maximum absolute atomic E-state index is 12.5. The van der Waals surface area contributed by atoms with Gasteiger partial charge in [-0.2, -0.15) is 11.8 Å². The molecule has 0 aliphatic carbocycles. The second kappa shape index (κ2) is 8.35. The molecular formula is C20H28N4OS. The first kappa shape index (κ1) is 17.7. The van der Waals surface area contributed by atoms with Crippen molar-refractivity contribution in [3.63, 3.8) is 0 Å². The summed E-state index contributed by atoms with van der Waals surface area (Å²) in [7, 11) is 0. The van der Waals surface area contributed by atoms with Crippen LogP contribution in [0.5, 0.6) is 0 Å². The fourth-order valence-corrected chi connectivity index (χ4v) is 5.18. The van der Waals surface area contributed by atoms with Crippen LogP contribution in [0.2, 0.25) is 0 Å². The highest BCUT2D eigenvalue weighted by Gasteiger charge is 2.26. The Morgan fingerprint density at radius 1 is 1.15 bits per heavy atom. The number of hydrogen-bond donors (Lipinski definition) is 2. The van der Waals surface area contributed by atoms with Crippen molar-refractivity contribution in [2.24, 2.45) is 0 Å². The van der Waals surface area contributed by atoms with Crippen molar-refractivity contribution in [3.05, 3.63) is 36.0 Å². The topological polar surface area (TPSA) is 51.4 Å². The molecule has 2 aliphatic rings. The Bertz CT molecular complexity index is 732. The number of amides is 2. The number of rotatable bonds is 4. The smallest absolute Gasteiger partial charge is 0.317 e. The lowest BCUT2D eigenvalue weighted by atomic mass is 10.1. The summed E-state index contributed by atoms with van der Waals surface area (Å²) >= 11 is 2.07. The molecule has 2 aromatic rings. The number of para-hydroxylation sites is 1. The predicted molar refractivity (Wildman–Crippen MR) is 109 cm³/mol. The van der Waals surface area contributed by atoms with Crippen molar-refractivity contribution in [2.45, 2.75) is 25.3 Å². The van der Waals surface area contributed by atoms with E-state index < -0.39 is 0 Å². The van der Waals surface area contributed by atoms with E-state index in [9.17, 15) is 4.79 Å². The van der Waals surface area contributed by atoms with Crippen molar-refractivity contribution in [1.82, 2.24) is 20.1 Å². The van der Waals surface area contributed by atoms with Gasteiger partial charge in [-0.3, -0.25) is 4.90 Å². The highest BCUT2D eigenvalue weighted by molar-refractivity contribution is 7.99. The highest BCUT2D eigenvalue weighted by atomic mass is 32.2. The number of nitrogens with one attached hydrogen (secondary N) is 2. The fraction of sp³-hybridized carbons (Fsp3) is 0.550. The molecule has 6 heteroatoms. The molecule has 0 bridgehead atoms. The van der Waals surface area contributed by atoms with Crippen molar-refractivity contribution in [1.29, 1.82) is 0 Å². The Kier molecular flexibility index (Phi) is 5.70. The van der Waals surface area contributed by atoms with Crippen LogP contribution in [0.4, 0.5) is 4.79 Å². The second-order valence-corrected chi connectivity index (χ2v) is 8.43. The number of nitrogens with zero attached hydrogens (tertiary/aromatic N) is 2. The van der Waals surface area contributed by atoms with Crippen molar-refractivity contribution >= 4 is 28.7 Å². The Balaban J connectivity index is 1.22. The summed E-state index contributed by atoms with van der Waals surface area (Å²) < 4.78 is 0. The minimum atomic E-state index is 0.0868. The van der Waals surface area contributed by atoms with Crippen molar-refractivity contribution in [2.75, 3.05) is 44.2 Å². The fourth-order valence-electron chi connectivity index (χ4n) is 4.09. The van der Waals surface area contributed by atoms with E-state index in [4.69, 9.17) is 0 Å². The molecule has 4 rings (SSSR count). The van der Waals surface area contributed by atoms with Gasteiger partial charge >= 0.3 is 6.03 Å². The third-order valence-electron chi connectivity index (χ3n) is 5.65. The predicted octanol–water partition coefficient (Wildman–Crippen LogP) is 2.93. The number of fused-ring (bicyclic) bond motifs is 1. The Morgan fingerprint density at radius 3 is 2.73 bits per heavy atom. The summed E-state index contributed by atoms with van der Waals surface area (Å²) in [6.45, 7) is 4.42. The summed E-state index contributed by atoms with van der Waals surface area (Å²) in [5, 5.41) is 4.35. The van der Waals surface area contributed by atoms with Crippen LogP contribution in [0.3, 0.4) is 0 Å². The van der Waals surface area contributed by atoms with Gasteiger partial charge in [0.15, 0.2) is 0 Å². The molecule has 2 saturated heterocycles. The molecule has 2 fully saturated rings. The zero-order valence-corrected chi connectivity index (χ0v) is 16.1. The zero-order chi connectivity index (χ0) is 17.8. The number of thioether (sulfide) groups is 1. The lowest BCUT2D eigenvalue weighted by molar-refractivity contribution is 0.104. The third kappa shape index (κ3) is 4.01. The first-order chi connectivity index (χ1) is 12.8. The number of carbonyl (C=O) groups excluding carboxylic acids is 1. The molecule has 0 spiro atoms. The SMILES string of the molecule is O=C(NCCc1c[nH]c2ccccc12)N1CCN(C2CCSCC2)CC1. The zero-order valence-electron chi connectivity index (χ0n) is 15.2. The molecule has 140 valence electrons. The average Bonchev–Trinajstić information content (AvgIpc) is 3.12.